The maximum atomic E-state index is 13.2. The number of nitrogens with two attached hydrogens (primary N) is 1. The van der Waals surface area contributed by atoms with Gasteiger partial charge in [0.25, 0.3) is 0 Å². The molecule has 2 N–H and O–H groups in total. The van der Waals surface area contributed by atoms with Crippen molar-refractivity contribution in [1.82, 2.24) is 9.55 Å². The lowest BCUT2D eigenvalue weighted by atomic mass is 10.1. The summed E-state index contributed by atoms with van der Waals surface area (Å²) < 4.78 is 63.7. The molecule has 0 amide bonds. The van der Waals surface area contributed by atoms with Gasteiger partial charge in [0.2, 0.25) is 10.0 Å². The second-order valence-corrected chi connectivity index (χ2v) is 7.80. The summed E-state index contributed by atoms with van der Waals surface area (Å²) in [6.45, 7) is 9.69. The summed E-state index contributed by atoms with van der Waals surface area (Å²) >= 11 is 0. The molecule has 2 rings (SSSR count). The Bertz CT molecular complexity index is 997. The number of imidazole rings is 1. The molecule has 0 aliphatic rings. The summed E-state index contributed by atoms with van der Waals surface area (Å²) in [5.74, 6) is 0.124. The van der Waals surface area contributed by atoms with E-state index in [4.69, 9.17) is 5.14 Å². The smallest absolute Gasteiger partial charge is 0.299 e. The zero-order chi connectivity index (χ0) is 23.1. The third kappa shape index (κ3) is 6.56. The van der Waals surface area contributed by atoms with Crippen LogP contribution in [0.5, 0.6) is 0 Å². The molecule has 0 saturated carbocycles. The first-order valence-corrected chi connectivity index (χ1v) is 11.2. The number of sulfonamides is 1. The van der Waals surface area contributed by atoms with Crippen molar-refractivity contribution in [3.8, 4) is 5.69 Å². The van der Waals surface area contributed by atoms with E-state index < -0.39 is 21.9 Å². The van der Waals surface area contributed by atoms with E-state index in [2.05, 4.69) is 4.98 Å². The number of hydrogen-bond donors (Lipinski definition) is 1. The van der Waals surface area contributed by atoms with Crippen LogP contribution in [0.25, 0.3) is 11.3 Å². The van der Waals surface area contributed by atoms with Gasteiger partial charge in [-0.3, -0.25) is 4.57 Å². The molecule has 0 atom stereocenters. The average Bonchev–Trinajstić information content (AvgIpc) is 3.15. The summed E-state index contributed by atoms with van der Waals surface area (Å²) in [5.41, 5.74) is 1.02. The van der Waals surface area contributed by atoms with Gasteiger partial charge in [-0.2, -0.15) is 13.2 Å². The monoisotopic (exact) mass is 443 g/mol. The first-order chi connectivity index (χ1) is 14.0. The van der Waals surface area contributed by atoms with Crippen LogP contribution in [-0.2, 0) is 16.2 Å². The van der Waals surface area contributed by atoms with E-state index in [9.17, 15) is 21.6 Å². The fourth-order valence-corrected chi connectivity index (χ4v) is 3.11. The molecule has 30 heavy (non-hydrogen) atoms. The topological polar surface area (TPSA) is 78.0 Å². The number of primary sulfonamides is 1. The van der Waals surface area contributed by atoms with Crippen LogP contribution in [-0.4, -0.2) is 18.0 Å². The molecule has 0 aliphatic carbocycles. The van der Waals surface area contributed by atoms with E-state index in [1.54, 1.807) is 13.0 Å². The van der Waals surface area contributed by atoms with E-state index in [0.717, 1.165) is 24.6 Å². The lowest BCUT2D eigenvalue weighted by Gasteiger charge is -2.09. The Hall–Kier alpha value is -2.39. The van der Waals surface area contributed by atoms with Crippen LogP contribution < -0.4 is 5.14 Å². The predicted octanol–water partition coefficient (Wildman–Crippen LogP) is 5.71. The molecular formula is C21H28F3N3O2S. The lowest BCUT2D eigenvalue weighted by molar-refractivity contribution is -0.140. The van der Waals surface area contributed by atoms with Crippen molar-refractivity contribution in [2.24, 2.45) is 5.14 Å². The lowest BCUT2D eigenvalue weighted by Crippen LogP contribution is -2.12. The highest BCUT2D eigenvalue weighted by Gasteiger charge is 2.35. The van der Waals surface area contributed by atoms with E-state index >= 15 is 0 Å². The zero-order valence-electron chi connectivity index (χ0n) is 17.8. The minimum Gasteiger partial charge on any atom is -0.299 e. The van der Waals surface area contributed by atoms with Gasteiger partial charge in [-0.1, -0.05) is 45.4 Å². The Labute approximate surface area is 176 Å². The van der Waals surface area contributed by atoms with E-state index in [-0.39, 0.29) is 10.7 Å². The molecule has 0 saturated heterocycles. The van der Waals surface area contributed by atoms with Gasteiger partial charge in [0.05, 0.1) is 4.90 Å². The maximum absolute atomic E-state index is 13.2. The molecule has 2 aromatic rings. The molecule has 1 aromatic carbocycles. The number of rotatable bonds is 6. The van der Waals surface area contributed by atoms with Gasteiger partial charge in [0.1, 0.15) is 5.82 Å². The highest BCUT2D eigenvalue weighted by atomic mass is 32.2. The first-order valence-electron chi connectivity index (χ1n) is 9.63. The average molecular weight is 444 g/mol. The molecule has 0 fully saturated rings. The van der Waals surface area contributed by atoms with Crippen molar-refractivity contribution < 1.29 is 21.6 Å². The van der Waals surface area contributed by atoms with Crippen LogP contribution in [0.4, 0.5) is 13.2 Å². The maximum Gasteiger partial charge on any atom is 0.434 e. The van der Waals surface area contributed by atoms with Crippen molar-refractivity contribution in [1.29, 1.82) is 0 Å². The standard InChI is InChI=1S/C19H22F3N3O2S.C2H6/c1-4-14(5-2)7-6-13(3)18-24-17(19(20,21)22)12-25(18)15-8-10-16(11-9-15)28(23,26)27;1-2/h6-12H,4-5H2,1-3H3,(H2,23,26,27);1-2H3/b13-6+;. The molecule has 9 heteroatoms. The Kier molecular flexibility index (Phi) is 9.05. The quantitative estimate of drug-likeness (QED) is 0.581. The number of aromatic nitrogens is 2. The normalized spacial score (nSPS) is 12.2. The molecule has 5 nitrogen and oxygen atoms in total. The number of allylic oxidation sites excluding steroid dienone is 4. The summed E-state index contributed by atoms with van der Waals surface area (Å²) in [4.78, 5) is 3.63. The summed E-state index contributed by atoms with van der Waals surface area (Å²) in [6, 6.07) is 5.26. The molecule has 0 bridgehead atoms. The van der Waals surface area contributed by atoms with E-state index in [1.165, 1.54) is 28.8 Å². The number of benzene rings is 1. The number of halogens is 3. The van der Waals surface area contributed by atoms with Gasteiger partial charge in [-0.05, 0) is 49.6 Å². The van der Waals surface area contributed by atoms with Crippen molar-refractivity contribution in [2.75, 3.05) is 0 Å². The third-order valence-electron chi connectivity index (χ3n) is 4.27. The molecule has 1 heterocycles. The van der Waals surface area contributed by atoms with Gasteiger partial charge in [0.15, 0.2) is 5.69 Å². The van der Waals surface area contributed by atoms with E-state index in [0.29, 0.717) is 11.3 Å². The Morgan fingerprint density at radius 2 is 1.63 bits per heavy atom. The zero-order valence-corrected chi connectivity index (χ0v) is 18.6. The molecule has 166 valence electrons. The summed E-state index contributed by atoms with van der Waals surface area (Å²) in [6.07, 6.45) is 1.60. The van der Waals surface area contributed by atoms with Crippen LogP contribution in [0.2, 0.25) is 0 Å². The molecular weight excluding hydrogens is 415 g/mol. The first kappa shape index (κ1) is 25.6. The second kappa shape index (κ2) is 10.6. The SMILES string of the molecule is CC.CCC(=C/C=C(\C)c1nc(C(F)(F)F)cn1-c1ccc(S(N)(=O)=O)cc1)CC. The molecule has 0 radical (unpaired) electrons. The van der Waals surface area contributed by atoms with Crippen LogP contribution >= 0.6 is 0 Å². The Balaban J connectivity index is 0.00000218. The van der Waals surface area contributed by atoms with Crippen molar-refractivity contribution in [3.63, 3.8) is 0 Å². The van der Waals surface area contributed by atoms with Crippen molar-refractivity contribution in [2.45, 2.75) is 58.5 Å². The fraction of sp³-hybridized carbons (Fsp3) is 0.381. The molecule has 1 aromatic heterocycles. The van der Waals surface area contributed by atoms with Crippen molar-refractivity contribution >= 4 is 15.6 Å². The van der Waals surface area contributed by atoms with Gasteiger partial charge < -0.3 is 0 Å². The third-order valence-corrected chi connectivity index (χ3v) is 5.20. The van der Waals surface area contributed by atoms with Crippen LogP contribution in [0, 0.1) is 0 Å². The van der Waals surface area contributed by atoms with Gasteiger partial charge in [-0.25, -0.2) is 18.5 Å². The minimum atomic E-state index is -4.60. The van der Waals surface area contributed by atoms with E-state index in [1.807, 2.05) is 33.8 Å². The number of alkyl halides is 3. The largest absolute Gasteiger partial charge is 0.434 e. The highest BCUT2D eigenvalue weighted by molar-refractivity contribution is 7.89. The van der Waals surface area contributed by atoms with Crippen LogP contribution in [0.3, 0.4) is 0 Å². The summed E-state index contributed by atoms with van der Waals surface area (Å²) in [5, 5.41) is 5.07. The van der Waals surface area contributed by atoms with Crippen molar-refractivity contribution in [3.05, 3.63) is 59.7 Å². The van der Waals surface area contributed by atoms with Crippen LogP contribution in [0.15, 0.2) is 53.1 Å². The summed E-state index contributed by atoms with van der Waals surface area (Å²) in [7, 11) is -3.89. The van der Waals surface area contributed by atoms with Crippen LogP contribution in [0.1, 0.15) is 59.0 Å². The van der Waals surface area contributed by atoms with Gasteiger partial charge in [0, 0.05) is 11.9 Å². The predicted molar refractivity (Wildman–Crippen MR) is 114 cm³/mol. The fourth-order valence-electron chi connectivity index (χ4n) is 2.59. The Morgan fingerprint density at radius 3 is 2.07 bits per heavy atom. The molecule has 0 aliphatic heterocycles. The molecule has 0 spiro atoms. The highest BCUT2D eigenvalue weighted by Crippen LogP contribution is 2.31. The number of nitrogens with zero attached hydrogens (tertiary/aromatic N) is 2. The minimum absolute atomic E-state index is 0.124. The second-order valence-electron chi connectivity index (χ2n) is 6.24. The van der Waals surface area contributed by atoms with Gasteiger partial charge in [-0.15, -0.1) is 0 Å². The number of hydrogen-bond acceptors (Lipinski definition) is 3. The Morgan fingerprint density at radius 1 is 1.10 bits per heavy atom. The van der Waals surface area contributed by atoms with Gasteiger partial charge >= 0.3 is 6.18 Å². The molecule has 0 unspecified atom stereocenters.